The van der Waals surface area contributed by atoms with Crippen molar-refractivity contribution in [3.63, 3.8) is 0 Å². The van der Waals surface area contributed by atoms with Gasteiger partial charge in [-0.1, -0.05) is 129 Å². The molecule has 1 aromatic carbocycles. The fraction of sp³-hybridized carbons (Fsp3) is 0.693. The summed E-state index contributed by atoms with van der Waals surface area (Å²) >= 11 is 0. The van der Waals surface area contributed by atoms with Gasteiger partial charge in [0.15, 0.2) is 5.78 Å². The van der Waals surface area contributed by atoms with Gasteiger partial charge in [0.2, 0.25) is 0 Å². The zero-order valence-electron chi connectivity index (χ0n) is 66.1. The number of aromatic amines is 1. The van der Waals surface area contributed by atoms with Crippen LogP contribution in [0.2, 0.25) is 0 Å². The van der Waals surface area contributed by atoms with Gasteiger partial charge in [-0.25, -0.2) is 4.79 Å². The summed E-state index contributed by atoms with van der Waals surface area (Å²) in [5, 5.41) is 46.4. The van der Waals surface area contributed by atoms with Gasteiger partial charge >= 0.3 is 5.69 Å². The molecule has 592 valence electrons. The molecule has 0 bridgehead atoms. The van der Waals surface area contributed by atoms with Crippen LogP contribution in [0.25, 0.3) is 0 Å². The van der Waals surface area contributed by atoms with Crippen molar-refractivity contribution in [3.8, 4) is 0 Å². The first kappa shape index (κ1) is 82.9. The summed E-state index contributed by atoms with van der Waals surface area (Å²) in [6.45, 7) is 32.7. The van der Waals surface area contributed by atoms with Gasteiger partial charge in [0.25, 0.3) is 5.56 Å². The molecule has 11 heterocycles. The van der Waals surface area contributed by atoms with Crippen molar-refractivity contribution >= 4 is 5.78 Å². The van der Waals surface area contributed by atoms with Gasteiger partial charge in [0.1, 0.15) is 12.2 Å². The second-order valence-corrected chi connectivity index (χ2v) is 34.6. The van der Waals surface area contributed by atoms with E-state index >= 15 is 0 Å². The lowest BCUT2D eigenvalue weighted by molar-refractivity contribution is -0.273. The van der Waals surface area contributed by atoms with E-state index < -0.39 is 69.3 Å². The molecule has 12 rings (SSSR count). The molecule has 0 amide bonds. The topological polar surface area (TPSA) is 245 Å². The monoisotopic (exact) mass is 1480 g/mol. The third-order valence-corrected chi connectivity index (χ3v) is 26.1. The first-order chi connectivity index (χ1) is 50.8. The van der Waals surface area contributed by atoms with E-state index in [-0.39, 0.29) is 103 Å². The van der Waals surface area contributed by atoms with E-state index in [1.807, 2.05) is 76.3 Å². The molecule has 107 heavy (non-hydrogen) atoms. The number of carbonyl (C=O) groups is 1. The molecule has 0 saturated carbocycles. The van der Waals surface area contributed by atoms with Crippen molar-refractivity contribution in [2.24, 2.45) is 11.8 Å². The Morgan fingerprint density at radius 1 is 0.523 bits per heavy atom. The summed E-state index contributed by atoms with van der Waals surface area (Å²) in [6.07, 6.45) is 31.8. The molecule has 10 fully saturated rings. The van der Waals surface area contributed by atoms with Crippen molar-refractivity contribution < 1.29 is 72.6 Å². The number of hydrogen-bond acceptors (Lipinski definition) is 17. The van der Waals surface area contributed by atoms with Crippen molar-refractivity contribution in [2.45, 2.75) is 374 Å². The van der Waals surface area contributed by atoms with Crippen LogP contribution in [-0.4, -0.2) is 179 Å². The lowest BCUT2D eigenvalue weighted by Gasteiger charge is -2.49. The molecule has 19 nitrogen and oxygen atoms in total. The number of hydrogen-bond donors (Lipinski definition) is 5. The standard InChI is InChI=1S/C45H64O8.C43H64N2O9/c1-8-9-10-14-20-39-43(5,48)23-21-36-37(49-39)22-24-44(6)41(50-36)27-38-42(53-44)34(47)28-45(7)40(51-38)26-31(4)35(52-45)19-15-16-29(2)30(3)25-33(46)32-17-12-11-13-18-32;1-8-9-10-11-15-35-41(5,49)20-16-32-33(50-35)17-21-42(6)37(51-32)25-34-39(54-42)30(46)26-43(7)36(52-34)24-29(4)31(53-43)14-12-13-27(2)28(3)18-22-45-23-19-38(47)44-40(45)48/h8-13,16-18,25,31,34-42,47-48H,1,14-15,19-24,26-28H2,2-7H3;8-10,13,18-19,23,29-37,39,46,49H,1,11-12,14-17,20-22,24-26H2,2-7H3,(H,44,47,48)/b10-9-,29-16+,30-25+;10-9-,27-13+,28-18+. The zero-order chi connectivity index (χ0) is 76.8. The highest BCUT2D eigenvalue weighted by atomic mass is 16.6. The summed E-state index contributed by atoms with van der Waals surface area (Å²) < 4.78 is 70.2. The summed E-state index contributed by atoms with van der Waals surface area (Å²) in [4.78, 5) is 38.4. The molecule has 0 radical (unpaired) electrons. The van der Waals surface area contributed by atoms with Crippen LogP contribution < -0.4 is 11.2 Å². The number of rotatable bonds is 20. The summed E-state index contributed by atoms with van der Waals surface area (Å²) in [7, 11) is 0. The number of allylic oxidation sites excluding steroid dienone is 14. The molecule has 19 heteroatoms. The van der Waals surface area contributed by atoms with Crippen LogP contribution in [0.4, 0.5) is 0 Å². The van der Waals surface area contributed by atoms with E-state index in [9.17, 15) is 34.8 Å². The number of ketones is 1. The SMILES string of the molecule is C=C/C=C\CCC1OC2CCC3(C)OC4C(O)CC5(C)OC(CC/C=C(C)/C(C)=C/C(=O)c6ccccc6)C(C)CC5OC4CC3OC2CCC1(C)O.C=C/C=C\CCC1OC2CCC3(C)OC4C(O)CC5(C)OC(CC/C=C(C)/C(C)=C/Cn6ccc(=O)[nH]c6=O)C(C)CC5OC4CC3OC2CCC1(C)O. The predicted molar refractivity (Wildman–Crippen MR) is 414 cm³/mol. The fourth-order valence-electron chi connectivity index (χ4n) is 18.8. The number of H-pyrrole nitrogens is 1. The lowest BCUT2D eigenvalue weighted by Crippen LogP contribution is -2.59. The van der Waals surface area contributed by atoms with E-state index in [4.69, 9.17) is 47.4 Å². The van der Waals surface area contributed by atoms with Crippen molar-refractivity contribution in [1.29, 1.82) is 0 Å². The number of ether oxygens (including phenoxy) is 10. The number of aliphatic hydroxyl groups excluding tert-OH is 2. The summed E-state index contributed by atoms with van der Waals surface area (Å²) in [5.74, 6) is 0.544. The van der Waals surface area contributed by atoms with Gasteiger partial charge in [-0.3, -0.25) is 19.1 Å². The second-order valence-electron chi connectivity index (χ2n) is 34.6. The second kappa shape index (κ2) is 35.3. The number of fused-ring (bicyclic) bond motifs is 8. The Hall–Kier alpha value is -5.07. The van der Waals surface area contributed by atoms with E-state index in [2.05, 4.69) is 97.8 Å². The number of nitrogens with one attached hydrogen (secondary N) is 1. The maximum atomic E-state index is 12.7. The molecule has 5 N–H and O–H groups in total. The van der Waals surface area contributed by atoms with Crippen molar-refractivity contribution in [2.75, 3.05) is 0 Å². The third-order valence-electron chi connectivity index (χ3n) is 26.1. The maximum Gasteiger partial charge on any atom is 0.328 e. The molecule has 26 unspecified atom stereocenters. The van der Waals surface area contributed by atoms with Crippen LogP contribution in [0.3, 0.4) is 0 Å². The largest absolute Gasteiger partial charge is 0.390 e. The Bertz CT molecular complexity index is 3660. The Labute approximate surface area is 636 Å². The average Bonchev–Trinajstić information content (AvgIpc) is 1.62. The highest BCUT2D eigenvalue weighted by Gasteiger charge is 2.61. The Morgan fingerprint density at radius 2 is 0.944 bits per heavy atom. The van der Waals surface area contributed by atoms with Gasteiger partial charge in [-0.2, -0.15) is 0 Å². The van der Waals surface area contributed by atoms with Gasteiger partial charge in [-0.05, 0) is 208 Å². The van der Waals surface area contributed by atoms with Crippen LogP contribution in [0.5, 0.6) is 0 Å². The minimum absolute atomic E-state index is 0.00862. The molecular formula is C88H128N2O17. The Kier molecular flexibility index (Phi) is 27.4. The van der Waals surface area contributed by atoms with E-state index in [1.165, 1.54) is 16.8 Å². The first-order valence-electron chi connectivity index (χ1n) is 40.4. The summed E-state index contributed by atoms with van der Waals surface area (Å²) in [6, 6.07) is 10.7. The highest BCUT2D eigenvalue weighted by molar-refractivity contribution is 6.05. The van der Waals surface area contributed by atoms with E-state index in [1.54, 1.807) is 18.2 Å². The zero-order valence-corrected chi connectivity index (χ0v) is 66.1. The van der Waals surface area contributed by atoms with Crippen LogP contribution in [0.1, 0.15) is 235 Å². The lowest BCUT2D eigenvalue weighted by atomic mass is 9.79. The molecule has 1 aromatic heterocycles. The normalized spacial score (nSPS) is 42.0. The van der Waals surface area contributed by atoms with Gasteiger partial charge < -0.3 is 67.8 Å². The molecule has 0 aliphatic carbocycles. The number of aliphatic hydroxyl groups is 4. The predicted octanol–water partition coefficient (Wildman–Crippen LogP) is 14.0. The number of benzene rings is 1. The molecule has 0 spiro atoms. The number of carbonyl (C=O) groups excluding carboxylic acids is 1. The first-order valence-corrected chi connectivity index (χ1v) is 40.4. The molecule has 10 aliphatic rings. The van der Waals surface area contributed by atoms with Crippen molar-refractivity contribution in [3.05, 3.63) is 165 Å². The number of aromatic nitrogens is 2. The highest BCUT2D eigenvalue weighted by Crippen LogP contribution is 2.52. The van der Waals surface area contributed by atoms with Gasteiger partial charge in [0.05, 0.1) is 131 Å². The fourth-order valence-corrected chi connectivity index (χ4v) is 18.8. The quantitative estimate of drug-likeness (QED) is 0.0470. The Balaban J connectivity index is 0.000000213. The van der Waals surface area contributed by atoms with Crippen LogP contribution in [0, 0.1) is 11.8 Å². The summed E-state index contributed by atoms with van der Waals surface area (Å²) in [5.41, 5.74) is -0.272. The average molecular weight is 1490 g/mol. The minimum Gasteiger partial charge on any atom is -0.390 e. The molecule has 2 aromatic rings. The maximum absolute atomic E-state index is 12.7. The Morgan fingerprint density at radius 3 is 1.40 bits per heavy atom. The van der Waals surface area contributed by atoms with E-state index in [0.717, 1.165) is 112 Å². The van der Waals surface area contributed by atoms with Gasteiger partial charge in [-0.15, -0.1) is 0 Å². The van der Waals surface area contributed by atoms with Gasteiger partial charge in [0, 0.05) is 50.1 Å². The minimum atomic E-state index is -0.940. The van der Waals surface area contributed by atoms with Crippen LogP contribution >= 0.6 is 0 Å². The molecule has 26 atom stereocenters. The smallest absolute Gasteiger partial charge is 0.328 e. The third kappa shape index (κ3) is 19.9. The van der Waals surface area contributed by atoms with E-state index in [0.29, 0.717) is 63.5 Å². The molecular weight excluding hydrogens is 1360 g/mol. The van der Waals surface area contributed by atoms with Crippen LogP contribution in [0.15, 0.2) is 148 Å². The van der Waals surface area contributed by atoms with Crippen LogP contribution in [-0.2, 0) is 53.9 Å². The molecule has 10 aliphatic heterocycles. The molecule has 10 saturated heterocycles. The number of nitrogens with zero attached hydrogens (tertiary/aromatic N) is 1. The van der Waals surface area contributed by atoms with Crippen molar-refractivity contribution in [1.82, 2.24) is 9.55 Å².